The van der Waals surface area contributed by atoms with Gasteiger partial charge in [0, 0.05) is 25.7 Å². The zero-order valence-corrected chi connectivity index (χ0v) is 21.2. The quantitative estimate of drug-likeness (QED) is 0.426. The number of carboxylic acid groups (broad SMARTS) is 1. The number of nitrogens with zero attached hydrogens (tertiary/aromatic N) is 2. The van der Waals surface area contributed by atoms with E-state index in [2.05, 4.69) is 0 Å². The molecule has 1 N–H and O–H groups in total. The number of carbonyl (C=O) groups excluding carboxylic acids is 1. The molecule has 4 rings (SSSR count). The molecule has 0 bridgehead atoms. The monoisotopic (exact) mass is 504 g/mol. The summed E-state index contributed by atoms with van der Waals surface area (Å²) < 4.78 is 17.2. The molecule has 1 saturated heterocycles. The second-order valence-corrected chi connectivity index (χ2v) is 8.70. The van der Waals surface area contributed by atoms with Gasteiger partial charge in [-0.15, -0.1) is 0 Å². The summed E-state index contributed by atoms with van der Waals surface area (Å²) in [4.78, 5) is 28.3. The van der Waals surface area contributed by atoms with Crippen molar-refractivity contribution in [1.29, 1.82) is 0 Å². The van der Waals surface area contributed by atoms with Gasteiger partial charge in [-0.3, -0.25) is 4.79 Å². The molecule has 0 spiro atoms. The highest BCUT2D eigenvalue weighted by atomic mass is 16.5. The number of carbonyl (C=O) groups is 2. The Labute approximate surface area is 217 Å². The summed E-state index contributed by atoms with van der Waals surface area (Å²) in [5, 5.41) is 9.90. The molecule has 8 nitrogen and oxygen atoms in total. The number of morpholine rings is 1. The summed E-state index contributed by atoms with van der Waals surface area (Å²) in [7, 11) is 0. The lowest BCUT2D eigenvalue weighted by atomic mass is 10.1. The van der Waals surface area contributed by atoms with Crippen LogP contribution in [0.3, 0.4) is 0 Å². The van der Waals surface area contributed by atoms with Crippen molar-refractivity contribution in [2.24, 2.45) is 0 Å². The van der Waals surface area contributed by atoms with Gasteiger partial charge in [0.2, 0.25) is 5.91 Å². The number of hydrogen-bond acceptors (Lipinski definition) is 6. The van der Waals surface area contributed by atoms with Crippen LogP contribution in [0.4, 0.5) is 11.4 Å². The number of amides is 1. The minimum Gasteiger partial charge on any atom is -0.490 e. The highest BCUT2D eigenvalue weighted by Gasteiger charge is 2.22. The summed E-state index contributed by atoms with van der Waals surface area (Å²) >= 11 is 0. The van der Waals surface area contributed by atoms with Gasteiger partial charge in [0.25, 0.3) is 0 Å². The minimum atomic E-state index is -1.04. The lowest BCUT2D eigenvalue weighted by Gasteiger charge is -2.31. The fourth-order valence-electron chi connectivity index (χ4n) is 4.28. The van der Waals surface area contributed by atoms with E-state index < -0.39 is 5.97 Å². The molecule has 1 heterocycles. The second kappa shape index (κ2) is 12.3. The van der Waals surface area contributed by atoms with Crippen molar-refractivity contribution in [2.45, 2.75) is 27.0 Å². The van der Waals surface area contributed by atoms with E-state index in [1.807, 2.05) is 60.4 Å². The normalized spacial score (nSPS) is 13.2. The summed E-state index contributed by atoms with van der Waals surface area (Å²) in [6.07, 6.45) is 0. The number of benzene rings is 3. The number of anilines is 2. The number of ether oxygens (including phenoxy) is 3. The topological polar surface area (TPSA) is 88.5 Å². The van der Waals surface area contributed by atoms with Gasteiger partial charge in [0.15, 0.2) is 11.5 Å². The number of aromatic carboxylic acids is 1. The van der Waals surface area contributed by atoms with Gasteiger partial charge in [-0.25, -0.2) is 4.79 Å². The predicted octanol–water partition coefficient (Wildman–Crippen LogP) is 4.75. The lowest BCUT2D eigenvalue weighted by Crippen LogP contribution is -2.37. The van der Waals surface area contributed by atoms with Crippen LogP contribution in [0.15, 0.2) is 66.7 Å². The average molecular weight is 505 g/mol. The molecule has 3 aromatic carbocycles. The van der Waals surface area contributed by atoms with Crippen LogP contribution in [0.1, 0.15) is 35.3 Å². The molecule has 0 radical (unpaired) electrons. The van der Waals surface area contributed by atoms with Gasteiger partial charge < -0.3 is 29.1 Å². The third kappa shape index (κ3) is 6.59. The van der Waals surface area contributed by atoms with Gasteiger partial charge in [-0.1, -0.05) is 36.4 Å². The van der Waals surface area contributed by atoms with Gasteiger partial charge >= 0.3 is 5.97 Å². The van der Waals surface area contributed by atoms with Crippen molar-refractivity contribution in [3.05, 3.63) is 83.4 Å². The maximum atomic E-state index is 12.6. The standard InChI is InChI=1S/C29H32N2O6/c1-3-36-28-17-23(9-12-27(28)37-20-22-7-5-4-6-8-22)19-31(21(2)32)24-10-11-26(25(18-24)29(33)34)30-13-15-35-16-14-30/h4-12,17-18H,3,13-16,19-20H2,1-2H3,(H,33,34). The number of hydrogen-bond donors (Lipinski definition) is 1. The largest absolute Gasteiger partial charge is 0.490 e. The highest BCUT2D eigenvalue weighted by Crippen LogP contribution is 2.32. The number of rotatable bonds is 10. The Balaban J connectivity index is 1.57. The van der Waals surface area contributed by atoms with Crippen LogP contribution in [-0.4, -0.2) is 49.9 Å². The van der Waals surface area contributed by atoms with Crippen molar-refractivity contribution < 1.29 is 28.9 Å². The predicted molar refractivity (Wildman–Crippen MR) is 142 cm³/mol. The molecule has 0 aliphatic carbocycles. The zero-order chi connectivity index (χ0) is 26.2. The minimum absolute atomic E-state index is 0.158. The van der Waals surface area contributed by atoms with Crippen molar-refractivity contribution in [1.82, 2.24) is 0 Å². The number of carboxylic acids is 1. The Hall–Kier alpha value is -4.04. The van der Waals surface area contributed by atoms with E-state index in [9.17, 15) is 14.7 Å². The molecule has 0 unspecified atom stereocenters. The molecule has 0 atom stereocenters. The van der Waals surface area contributed by atoms with Gasteiger partial charge in [-0.2, -0.15) is 0 Å². The molecule has 1 aliphatic heterocycles. The summed E-state index contributed by atoms with van der Waals surface area (Å²) in [5.41, 5.74) is 3.18. The maximum absolute atomic E-state index is 12.6. The van der Waals surface area contributed by atoms with E-state index in [-0.39, 0.29) is 18.0 Å². The Kier molecular flexibility index (Phi) is 8.64. The molecule has 0 saturated carbocycles. The van der Waals surface area contributed by atoms with Crippen LogP contribution < -0.4 is 19.3 Å². The zero-order valence-electron chi connectivity index (χ0n) is 21.2. The van der Waals surface area contributed by atoms with Crippen molar-refractivity contribution >= 4 is 23.3 Å². The highest BCUT2D eigenvalue weighted by molar-refractivity contribution is 5.98. The fourth-order valence-corrected chi connectivity index (χ4v) is 4.28. The molecule has 1 aliphatic rings. The first-order valence-corrected chi connectivity index (χ1v) is 12.4. The Morgan fingerprint density at radius 1 is 0.946 bits per heavy atom. The third-order valence-electron chi connectivity index (χ3n) is 6.14. The Morgan fingerprint density at radius 3 is 2.38 bits per heavy atom. The van der Waals surface area contributed by atoms with Crippen LogP contribution in [0.25, 0.3) is 0 Å². The van der Waals surface area contributed by atoms with Crippen LogP contribution in [0.5, 0.6) is 11.5 Å². The first-order valence-electron chi connectivity index (χ1n) is 12.4. The summed E-state index contributed by atoms with van der Waals surface area (Å²) in [5.74, 6) is -0.0246. The van der Waals surface area contributed by atoms with Crippen LogP contribution in [-0.2, 0) is 22.7 Å². The Bertz CT molecular complexity index is 1220. The third-order valence-corrected chi connectivity index (χ3v) is 6.14. The van der Waals surface area contributed by atoms with Gasteiger partial charge in [0.05, 0.1) is 37.6 Å². The van der Waals surface area contributed by atoms with Crippen LogP contribution in [0, 0.1) is 0 Å². The molecular formula is C29H32N2O6. The maximum Gasteiger partial charge on any atom is 0.337 e. The molecule has 8 heteroatoms. The van der Waals surface area contributed by atoms with Crippen LogP contribution in [0.2, 0.25) is 0 Å². The van der Waals surface area contributed by atoms with Crippen molar-refractivity contribution in [2.75, 3.05) is 42.7 Å². The fraction of sp³-hybridized carbons (Fsp3) is 0.310. The molecule has 37 heavy (non-hydrogen) atoms. The lowest BCUT2D eigenvalue weighted by molar-refractivity contribution is -0.116. The van der Waals surface area contributed by atoms with E-state index >= 15 is 0 Å². The molecule has 3 aromatic rings. The Morgan fingerprint density at radius 2 is 1.70 bits per heavy atom. The van der Waals surface area contributed by atoms with E-state index in [0.29, 0.717) is 62.4 Å². The van der Waals surface area contributed by atoms with Crippen molar-refractivity contribution in [3.63, 3.8) is 0 Å². The molecule has 1 fully saturated rings. The summed E-state index contributed by atoms with van der Waals surface area (Å²) in [6, 6.07) is 20.6. The van der Waals surface area contributed by atoms with Crippen molar-refractivity contribution in [3.8, 4) is 11.5 Å². The molecule has 1 amide bonds. The van der Waals surface area contributed by atoms with E-state index in [1.165, 1.54) is 6.92 Å². The smallest absolute Gasteiger partial charge is 0.337 e. The molecular weight excluding hydrogens is 472 g/mol. The molecule has 194 valence electrons. The second-order valence-electron chi connectivity index (χ2n) is 8.70. The summed E-state index contributed by atoms with van der Waals surface area (Å²) in [6.45, 7) is 6.84. The van der Waals surface area contributed by atoms with E-state index in [1.54, 1.807) is 23.1 Å². The van der Waals surface area contributed by atoms with Gasteiger partial charge in [-0.05, 0) is 48.4 Å². The van der Waals surface area contributed by atoms with Gasteiger partial charge in [0.1, 0.15) is 6.61 Å². The van der Waals surface area contributed by atoms with E-state index in [4.69, 9.17) is 14.2 Å². The first kappa shape index (κ1) is 26.0. The van der Waals surface area contributed by atoms with Crippen LogP contribution >= 0.6 is 0 Å². The molecule has 0 aromatic heterocycles. The SMILES string of the molecule is CCOc1cc(CN(C(C)=O)c2ccc(N3CCOCC3)c(C(=O)O)c2)ccc1OCc1ccccc1. The first-order chi connectivity index (χ1) is 18.0. The van der Waals surface area contributed by atoms with E-state index in [0.717, 1.165) is 11.1 Å². The average Bonchev–Trinajstić information content (AvgIpc) is 2.92.